The van der Waals surface area contributed by atoms with Gasteiger partial charge in [0.1, 0.15) is 12.7 Å². The number of amides is 2. The lowest BCUT2D eigenvalue weighted by Gasteiger charge is -2.26. The predicted molar refractivity (Wildman–Crippen MR) is 89.7 cm³/mol. The Morgan fingerprint density at radius 3 is 2.74 bits per heavy atom. The largest absolute Gasteiger partial charge is 0.322 e. The lowest BCUT2D eigenvalue weighted by atomic mass is 10.1. The molecule has 0 atom stereocenters. The second-order valence-electron chi connectivity index (χ2n) is 5.74. The minimum atomic E-state index is -0.0515. The molecule has 0 bridgehead atoms. The molecule has 1 aromatic heterocycles. The molecule has 0 fully saturated rings. The smallest absolute Gasteiger partial charge is 0.320 e. The molecule has 1 N–H and O–H groups in total. The fourth-order valence-corrected chi connectivity index (χ4v) is 2.63. The topological polar surface area (TPSA) is 63.1 Å². The Morgan fingerprint density at radius 2 is 2.09 bits per heavy atom. The third-order valence-electron chi connectivity index (χ3n) is 4.16. The summed E-state index contributed by atoms with van der Waals surface area (Å²) in [7, 11) is 0. The summed E-state index contributed by atoms with van der Waals surface area (Å²) < 4.78 is 1.82. The molecule has 0 saturated heterocycles. The third kappa shape index (κ3) is 3.41. The highest BCUT2D eigenvalue weighted by Gasteiger charge is 2.17. The van der Waals surface area contributed by atoms with Crippen LogP contribution in [-0.4, -0.2) is 38.8 Å². The Balaban J connectivity index is 1.80. The molecule has 3 rings (SSSR count). The van der Waals surface area contributed by atoms with Crippen LogP contribution in [-0.2, 0) is 6.42 Å². The summed E-state index contributed by atoms with van der Waals surface area (Å²) in [4.78, 5) is 14.3. The maximum absolute atomic E-state index is 12.5. The average molecular weight is 311 g/mol. The van der Waals surface area contributed by atoms with E-state index in [-0.39, 0.29) is 6.03 Å². The van der Waals surface area contributed by atoms with E-state index in [2.05, 4.69) is 35.4 Å². The number of hydrogen-bond donors (Lipinski definition) is 1. The fraction of sp³-hybridized carbons (Fsp3) is 0.353. The van der Waals surface area contributed by atoms with Crippen LogP contribution in [0, 0.1) is 0 Å². The van der Waals surface area contributed by atoms with Gasteiger partial charge in [-0.05, 0) is 37.5 Å². The number of anilines is 1. The Hall–Kier alpha value is -2.63. The minimum absolute atomic E-state index is 0.0515. The van der Waals surface area contributed by atoms with Gasteiger partial charge in [-0.1, -0.05) is 24.6 Å². The van der Waals surface area contributed by atoms with Crippen molar-refractivity contribution in [2.24, 2.45) is 0 Å². The number of nitrogens with zero attached hydrogens (tertiary/aromatic N) is 4. The SMILES string of the molecule is CCc1ccc(-n2cnnc2)cc1NC(=O)N1CC=C(C)CC1. The van der Waals surface area contributed by atoms with E-state index in [4.69, 9.17) is 0 Å². The molecule has 0 saturated carbocycles. The number of rotatable bonds is 3. The molecule has 0 spiro atoms. The standard InChI is InChI=1S/C17H21N5O/c1-3-14-4-5-15(22-11-18-19-12-22)10-16(14)20-17(23)21-8-6-13(2)7-9-21/h4-6,10-12H,3,7-9H2,1-2H3,(H,20,23). The molecule has 6 nitrogen and oxygen atoms in total. The number of aromatic nitrogens is 3. The van der Waals surface area contributed by atoms with Gasteiger partial charge < -0.3 is 10.2 Å². The molecule has 2 amide bonds. The second-order valence-corrected chi connectivity index (χ2v) is 5.74. The van der Waals surface area contributed by atoms with E-state index >= 15 is 0 Å². The van der Waals surface area contributed by atoms with Crippen molar-refractivity contribution in [3.8, 4) is 5.69 Å². The van der Waals surface area contributed by atoms with Crippen LogP contribution in [0.5, 0.6) is 0 Å². The van der Waals surface area contributed by atoms with Crippen molar-refractivity contribution in [2.45, 2.75) is 26.7 Å². The van der Waals surface area contributed by atoms with Gasteiger partial charge in [-0.15, -0.1) is 10.2 Å². The first-order chi connectivity index (χ1) is 11.2. The molecule has 1 aromatic carbocycles. The van der Waals surface area contributed by atoms with E-state index < -0.39 is 0 Å². The Kier molecular flexibility index (Phi) is 4.41. The van der Waals surface area contributed by atoms with Gasteiger partial charge >= 0.3 is 6.03 Å². The van der Waals surface area contributed by atoms with Gasteiger partial charge in [0, 0.05) is 18.8 Å². The summed E-state index contributed by atoms with van der Waals surface area (Å²) in [5, 5.41) is 10.7. The van der Waals surface area contributed by atoms with Gasteiger partial charge in [0.25, 0.3) is 0 Å². The number of aryl methyl sites for hydroxylation is 1. The van der Waals surface area contributed by atoms with E-state index in [9.17, 15) is 4.79 Å². The third-order valence-corrected chi connectivity index (χ3v) is 4.16. The maximum Gasteiger partial charge on any atom is 0.322 e. The molecule has 2 aromatic rings. The van der Waals surface area contributed by atoms with Gasteiger partial charge in [0.05, 0.1) is 5.69 Å². The molecule has 1 aliphatic rings. The molecular formula is C17H21N5O. The maximum atomic E-state index is 12.5. The number of urea groups is 1. The summed E-state index contributed by atoms with van der Waals surface area (Å²) in [6, 6.07) is 5.95. The predicted octanol–water partition coefficient (Wildman–Crippen LogP) is 3.01. The highest BCUT2D eigenvalue weighted by atomic mass is 16.2. The lowest BCUT2D eigenvalue weighted by molar-refractivity contribution is 0.215. The van der Waals surface area contributed by atoms with Crippen molar-refractivity contribution in [3.05, 3.63) is 48.1 Å². The van der Waals surface area contributed by atoms with Crippen LogP contribution in [0.15, 0.2) is 42.5 Å². The first kappa shape index (κ1) is 15.3. The number of nitrogens with one attached hydrogen (secondary N) is 1. The van der Waals surface area contributed by atoms with Gasteiger partial charge in [0.2, 0.25) is 0 Å². The van der Waals surface area contributed by atoms with Crippen LogP contribution in [0.25, 0.3) is 5.69 Å². The quantitative estimate of drug-likeness (QED) is 0.886. The summed E-state index contributed by atoms with van der Waals surface area (Å²) in [6.07, 6.45) is 7.19. The van der Waals surface area contributed by atoms with E-state index in [1.807, 2.05) is 27.7 Å². The summed E-state index contributed by atoms with van der Waals surface area (Å²) in [6.45, 7) is 5.62. The fourth-order valence-electron chi connectivity index (χ4n) is 2.63. The monoisotopic (exact) mass is 311 g/mol. The average Bonchev–Trinajstić information content (AvgIpc) is 3.10. The molecule has 23 heavy (non-hydrogen) atoms. The van der Waals surface area contributed by atoms with Crippen LogP contribution in [0.4, 0.5) is 10.5 Å². The first-order valence-electron chi connectivity index (χ1n) is 7.87. The summed E-state index contributed by atoms with van der Waals surface area (Å²) >= 11 is 0. The van der Waals surface area contributed by atoms with Gasteiger partial charge in [0.15, 0.2) is 0 Å². The van der Waals surface area contributed by atoms with Gasteiger partial charge in [-0.3, -0.25) is 4.57 Å². The molecule has 1 aliphatic heterocycles. The molecular weight excluding hydrogens is 290 g/mol. The minimum Gasteiger partial charge on any atom is -0.320 e. The normalized spacial score (nSPS) is 14.5. The summed E-state index contributed by atoms with van der Waals surface area (Å²) in [5.74, 6) is 0. The van der Waals surface area contributed by atoms with Crippen molar-refractivity contribution < 1.29 is 4.79 Å². The summed E-state index contributed by atoms with van der Waals surface area (Å²) in [5.41, 5.74) is 4.23. The van der Waals surface area contributed by atoms with Crippen molar-refractivity contribution in [1.29, 1.82) is 0 Å². The second kappa shape index (κ2) is 6.64. The first-order valence-corrected chi connectivity index (χ1v) is 7.87. The highest BCUT2D eigenvalue weighted by molar-refractivity contribution is 5.90. The van der Waals surface area contributed by atoms with Crippen molar-refractivity contribution in [3.63, 3.8) is 0 Å². The van der Waals surface area contributed by atoms with E-state index in [0.29, 0.717) is 6.54 Å². The molecule has 0 aliphatic carbocycles. The molecule has 0 unspecified atom stereocenters. The van der Waals surface area contributed by atoms with Crippen LogP contribution >= 0.6 is 0 Å². The van der Waals surface area contributed by atoms with E-state index in [1.54, 1.807) is 12.7 Å². The Bertz CT molecular complexity index is 721. The van der Waals surface area contributed by atoms with Gasteiger partial charge in [-0.25, -0.2) is 4.79 Å². The van der Waals surface area contributed by atoms with E-state index in [1.165, 1.54) is 5.57 Å². The van der Waals surface area contributed by atoms with Crippen molar-refractivity contribution in [1.82, 2.24) is 19.7 Å². The number of benzene rings is 1. The molecule has 2 heterocycles. The Labute approximate surface area is 135 Å². The van der Waals surface area contributed by atoms with Gasteiger partial charge in [-0.2, -0.15) is 0 Å². The number of hydrogen-bond acceptors (Lipinski definition) is 3. The molecule has 0 radical (unpaired) electrons. The molecule has 6 heteroatoms. The zero-order chi connectivity index (χ0) is 16.2. The number of carbonyl (C=O) groups excluding carboxylic acids is 1. The zero-order valence-electron chi connectivity index (χ0n) is 13.5. The van der Waals surface area contributed by atoms with Crippen molar-refractivity contribution >= 4 is 11.7 Å². The van der Waals surface area contributed by atoms with Crippen molar-refractivity contribution in [2.75, 3.05) is 18.4 Å². The Morgan fingerprint density at radius 1 is 1.30 bits per heavy atom. The zero-order valence-corrected chi connectivity index (χ0v) is 13.5. The molecule has 120 valence electrons. The van der Waals surface area contributed by atoms with Crippen LogP contribution < -0.4 is 5.32 Å². The van der Waals surface area contributed by atoms with Crippen LogP contribution in [0.2, 0.25) is 0 Å². The lowest BCUT2D eigenvalue weighted by Crippen LogP contribution is -2.38. The number of carbonyl (C=O) groups is 1. The van der Waals surface area contributed by atoms with Crippen LogP contribution in [0.3, 0.4) is 0 Å². The highest BCUT2D eigenvalue weighted by Crippen LogP contribution is 2.22. The van der Waals surface area contributed by atoms with E-state index in [0.717, 1.165) is 36.3 Å². The van der Waals surface area contributed by atoms with Crippen LogP contribution in [0.1, 0.15) is 25.8 Å².